The largest absolute Gasteiger partial charge is 0.477 e. The first-order valence-corrected chi connectivity index (χ1v) is 39.6. The molecule has 0 saturated heterocycles. The van der Waals surface area contributed by atoms with Crippen LogP contribution in [0.5, 0.6) is 0 Å². The molecule has 0 heterocycles. The van der Waals surface area contributed by atoms with Gasteiger partial charge < -0.3 is 28.5 Å². The average molecular weight is 1350 g/mol. The molecule has 97 heavy (non-hydrogen) atoms. The van der Waals surface area contributed by atoms with Gasteiger partial charge in [0.05, 0.1) is 34.4 Å². The van der Waals surface area contributed by atoms with E-state index in [2.05, 4.69) is 172 Å². The van der Waals surface area contributed by atoms with E-state index in [0.717, 1.165) is 128 Å². The predicted octanol–water partition coefficient (Wildman–Crippen LogP) is 25.6. The zero-order valence-electron chi connectivity index (χ0n) is 63.2. The normalized spacial score (nSPS) is 13.5. The number of allylic oxidation sites excluding steroid dienone is 26. The lowest BCUT2D eigenvalue weighted by atomic mass is 10.0. The molecule has 1 N–H and O–H groups in total. The summed E-state index contributed by atoms with van der Waals surface area (Å²) in [4.78, 5) is 37.7. The fraction of sp³-hybridized carbons (Fsp3) is 0.670. The molecule has 0 aliphatic carbocycles. The Bertz CT molecular complexity index is 2160. The highest BCUT2D eigenvalue weighted by Crippen LogP contribution is 2.18. The van der Waals surface area contributed by atoms with E-state index in [1.807, 2.05) is 21.1 Å². The standard InChI is InChI=1S/C88H147NO8/c1-6-8-10-12-14-16-18-20-22-24-26-28-30-32-34-36-38-40-41-42-43-44-45-47-49-51-53-55-57-59-61-63-65-67-69-71-73-75-77-79-86(91)97-84(83-96-88(87(92)93)94-81-80-89(3,4)5)82-95-85(90)78-76-74-72-70-68-66-64-62-60-58-56-54-52-50-48-46-39-37-35-33-31-29-27-25-23-21-19-17-15-13-11-9-7-2/h8,10,14,16,19-22,25-28,32,34,38,40,42-43,45,47,51,53,57,59,63,65,84,88H,6-7,9,11-13,15,17-18,23-24,29-31,33,35-37,39,41,44,46,48-50,52,54-56,58,60-62,64,66-83H2,1-5H3/p+1/b10-8-,16-14-,21-19-,22-20-,27-25-,28-26-,34-32-,40-38-,43-42-,47-45-,53-51-,59-57-,65-63-. The molecule has 0 amide bonds. The van der Waals surface area contributed by atoms with E-state index in [1.165, 1.54) is 161 Å². The maximum absolute atomic E-state index is 13.0. The zero-order chi connectivity index (χ0) is 70.4. The number of carbonyl (C=O) groups excluding carboxylic acids is 2. The summed E-state index contributed by atoms with van der Waals surface area (Å²) < 4.78 is 23.0. The summed E-state index contributed by atoms with van der Waals surface area (Å²) >= 11 is 0. The summed E-state index contributed by atoms with van der Waals surface area (Å²) in [7, 11) is 5.97. The topological polar surface area (TPSA) is 108 Å². The van der Waals surface area contributed by atoms with Crippen LogP contribution in [0.4, 0.5) is 0 Å². The molecule has 0 aliphatic rings. The number of hydrogen-bond acceptors (Lipinski definition) is 7. The lowest BCUT2D eigenvalue weighted by Crippen LogP contribution is -2.40. The average Bonchev–Trinajstić information content (AvgIpc) is 2.39. The number of carbonyl (C=O) groups is 3. The van der Waals surface area contributed by atoms with Gasteiger partial charge in [-0.3, -0.25) is 9.59 Å². The zero-order valence-corrected chi connectivity index (χ0v) is 63.2. The van der Waals surface area contributed by atoms with E-state index in [4.69, 9.17) is 18.9 Å². The Morgan fingerprint density at radius 2 is 0.588 bits per heavy atom. The quantitative estimate of drug-likeness (QED) is 0.0211. The summed E-state index contributed by atoms with van der Waals surface area (Å²) in [6.45, 7) is 4.74. The number of rotatable bonds is 72. The fourth-order valence-corrected chi connectivity index (χ4v) is 10.8. The number of nitrogens with zero attached hydrogens (tertiary/aromatic N) is 1. The van der Waals surface area contributed by atoms with Crippen LogP contribution >= 0.6 is 0 Å². The molecule has 552 valence electrons. The molecule has 0 aromatic carbocycles. The van der Waals surface area contributed by atoms with Crippen molar-refractivity contribution >= 4 is 17.9 Å². The molecule has 0 spiro atoms. The third kappa shape index (κ3) is 78.1. The fourth-order valence-electron chi connectivity index (χ4n) is 10.8. The number of unbranched alkanes of at least 4 members (excludes halogenated alkanes) is 31. The monoisotopic (exact) mass is 1350 g/mol. The molecule has 0 fully saturated rings. The lowest BCUT2D eigenvalue weighted by Gasteiger charge is -2.25. The van der Waals surface area contributed by atoms with Gasteiger partial charge in [0, 0.05) is 12.8 Å². The molecule has 2 atom stereocenters. The number of ether oxygens (including phenoxy) is 4. The van der Waals surface area contributed by atoms with Gasteiger partial charge in [-0.05, 0) is 128 Å². The van der Waals surface area contributed by atoms with Crippen molar-refractivity contribution in [3.63, 3.8) is 0 Å². The van der Waals surface area contributed by atoms with E-state index < -0.39 is 24.3 Å². The van der Waals surface area contributed by atoms with E-state index in [9.17, 15) is 19.5 Å². The van der Waals surface area contributed by atoms with Crippen LogP contribution in [-0.2, 0) is 33.3 Å². The molecule has 0 aliphatic heterocycles. The first kappa shape index (κ1) is 91.9. The van der Waals surface area contributed by atoms with E-state index in [-0.39, 0.29) is 32.2 Å². The van der Waals surface area contributed by atoms with Gasteiger partial charge in [-0.2, -0.15) is 0 Å². The van der Waals surface area contributed by atoms with Crippen molar-refractivity contribution in [1.82, 2.24) is 0 Å². The maximum Gasteiger partial charge on any atom is 0.361 e. The molecule has 9 heteroatoms. The molecule has 0 rings (SSSR count). The van der Waals surface area contributed by atoms with Crippen molar-refractivity contribution < 1.29 is 42.9 Å². The van der Waals surface area contributed by atoms with Gasteiger partial charge in [-0.15, -0.1) is 0 Å². The van der Waals surface area contributed by atoms with Crippen molar-refractivity contribution in [3.8, 4) is 0 Å². The van der Waals surface area contributed by atoms with Crippen LogP contribution in [0.15, 0.2) is 158 Å². The Balaban J connectivity index is 4.14. The summed E-state index contributed by atoms with van der Waals surface area (Å²) in [5.74, 6) is -2.03. The smallest absolute Gasteiger partial charge is 0.361 e. The molecule has 0 aromatic heterocycles. The van der Waals surface area contributed by atoms with E-state index >= 15 is 0 Å². The van der Waals surface area contributed by atoms with Crippen molar-refractivity contribution in [2.75, 3.05) is 47.5 Å². The van der Waals surface area contributed by atoms with Crippen LogP contribution in [0, 0.1) is 0 Å². The van der Waals surface area contributed by atoms with Gasteiger partial charge in [0.25, 0.3) is 6.29 Å². The van der Waals surface area contributed by atoms with Crippen molar-refractivity contribution in [2.45, 2.75) is 334 Å². The van der Waals surface area contributed by atoms with Crippen LogP contribution in [-0.4, -0.2) is 87.4 Å². The Hall–Kier alpha value is -5.09. The predicted molar refractivity (Wildman–Crippen MR) is 419 cm³/mol. The highest BCUT2D eigenvalue weighted by molar-refractivity contribution is 5.71. The summed E-state index contributed by atoms with van der Waals surface area (Å²) in [5.41, 5.74) is 0. The van der Waals surface area contributed by atoms with Crippen LogP contribution < -0.4 is 0 Å². The molecule has 0 aromatic rings. The van der Waals surface area contributed by atoms with Gasteiger partial charge in [0.2, 0.25) is 0 Å². The Labute approximate surface area is 597 Å². The van der Waals surface area contributed by atoms with Crippen LogP contribution in [0.3, 0.4) is 0 Å². The van der Waals surface area contributed by atoms with Crippen LogP contribution in [0.25, 0.3) is 0 Å². The third-order valence-corrected chi connectivity index (χ3v) is 16.8. The van der Waals surface area contributed by atoms with Gasteiger partial charge in [-0.1, -0.05) is 339 Å². The van der Waals surface area contributed by atoms with E-state index in [0.29, 0.717) is 23.9 Å². The highest BCUT2D eigenvalue weighted by Gasteiger charge is 2.25. The molecule has 0 bridgehead atoms. The lowest BCUT2D eigenvalue weighted by molar-refractivity contribution is -0.870. The number of carboxylic acid groups (broad SMARTS) is 1. The Kier molecular flexibility index (Phi) is 72.6. The van der Waals surface area contributed by atoms with Crippen molar-refractivity contribution in [1.29, 1.82) is 0 Å². The number of aliphatic carboxylic acids is 1. The maximum atomic E-state index is 13.0. The number of hydrogen-bond donors (Lipinski definition) is 1. The van der Waals surface area contributed by atoms with Crippen molar-refractivity contribution in [3.05, 3.63) is 158 Å². The van der Waals surface area contributed by atoms with Crippen LogP contribution in [0.2, 0.25) is 0 Å². The van der Waals surface area contributed by atoms with Gasteiger partial charge >= 0.3 is 17.9 Å². The Morgan fingerprint density at radius 3 is 0.876 bits per heavy atom. The molecular weight excluding hydrogens is 1200 g/mol. The molecular formula is C88H148NO8+. The first-order valence-electron chi connectivity index (χ1n) is 39.6. The molecule has 9 nitrogen and oxygen atoms in total. The summed E-state index contributed by atoms with van der Waals surface area (Å²) in [6, 6.07) is 0. The summed E-state index contributed by atoms with van der Waals surface area (Å²) in [6.07, 6.45) is 111. The number of likely N-dealkylation sites (N-methyl/N-ethyl adjacent to an activating group) is 1. The molecule has 0 radical (unpaired) electrons. The number of carboxylic acids is 1. The van der Waals surface area contributed by atoms with Gasteiger partial charge in [0.15, 0.2) is 6.10 Å². The Morgan fingerprint density at radius 1 is 0.320 bits per heavy atom. The number of esters is 2. The number of quaternary nitrogens is 1. The molecule has 0 saturated carbocycles. The van der Waals surface area contributed by atoms with Crippen LogP contribution in [0.1, 0.15) is 322 Å². The SMILES string of the molecule is CC/C=C\C/C=C\C/C=C\C/C=C\C/C=C\C/C=C\C/C=C\C/C=C\C/C=C\C/C=C\C/C=C\CCCCCCCC(=O)OC(COC(=O)CCCCCCCCCCCCCCCCCCCCCCC/C=C\C/C=C\CCCCCCC)COC(OCC[N+](C)(C)C)C(=O)O. The minimum absolute atomic E-state index is 0.177. The second-order valence-corrected chi connectivity index (χ2v) is 27.3. The minimum Gasteiger partial charge on any atom is -0.477 e. The highest BCUT2D eigenvalue weighted by atomic mass is 16.7. The first-order chi connectivity index (χ1) is 47.6. The van der Waals surface area contributed by atoms with Gasteiger partial charge in [-0.25, -0.2) is 4.79 Å². The third-order valence-electron chi connectivity index (χ3n) is 16.8. The minimum atomic E-state index is -1.53. The van der Waals surface area contributed by atoms with E-state index in [1.54, 1.807) is 0 Å². The molecule has 2 unspecified atom stereocenters. The summed E-state index contributed by atoms with van der Waals surface area (Å²) in [5, 5.41) is 9.77. The van der Waals surface area contributed by atoms with Crippen molar-refractivity contribution in [2.24, 2.45) is 0 Å². The van der Waals surface area contributed by atoms with Gasteiger partial charge in [0.1, 0.15) is 13.2 Å². The second kappa shape index (κ2) is 76.7. The second-order valence-electron chi connectivity index (χ2n) is 27.3.